The van der Waals surface area contributed by atoms with E-state index in [1.54, 1.807) is 12.1 Å². The summed E-state index contributed by atoms with van der Waals surface area (Å²) in [5.41, 5.74) is 7.33. The summed E-state index contributed by atoms with van der Waals surface area (Å²) in [6, 6.07) is 6.14. The zero-order valence-corrected chi connectivity index (χ0v) is 16.7. The molecule has 1 aliphatic rings. The van der Waals surface area contributed by atoms with Gasteiger partial charge < -0.3 is 20.9 Å². The molecule has 8 nitrogen and oxygen atoms in total. The Morgan fingerprint density at radius 3 is 2.61 bits per heavy atom. The first kappa shape index (κ1) is 20.3. The number of amides is 1. The lowest BCUT2D eigenvalue weighted by Gasteiger charge is -2.23. The van der Waals surface area contributed by atoms with E-state index in [1.165, 1.54) is 23.5 Å². The van der Waals surface area contributed by atoms with Crippen LogP contribution in [0.25, 0.3) is 0 Å². The second-order valence-corrected chi connectivity index (χ2v) is 9.60. The summed E-state index contributed by atoms with van der Waals surface area (Å²) in [4.78, 5) is 24.6. The van der Waals surface area contributed by atoms with E-state index < -0.39 is 21.9 Å². The number of rotatable bonds is 6. The van der Waals surface area contributed by atoms with Crippen molar-refractivity contribution in [1.29, 1.82) is 0 Å². The number of carbonyl (C=O) groups is 2. The van der Waals surface area contributed by atoms with Crippen LogP contribution in [0.5, 0.6) is 0 Å². The Labute approximate surface area is 166 Å². The molecular formula is C18H20N2O6S2. The van der Waals surface area contributed by atoms with E-state index in [0.29, 0.717) is 24.2 Å². The minimum Gasteiger partial charge on any atom is -0.478 e. The summed E-state index contributed by atoms with van der Waals surface area (Å²) in [7, 11) is -3.28. The van der Waals surface area contributed by atoms with Crippen LogP contribution in [0.4, 0.5) is 5.00 Å². The molecule has 1 aliphatic heterocycles. The van der Waals surface area contributed by atoms with Gasteiger partial charge in [-0.2, -0.15) is 0 Å². The predicted octanol–water partition coefficient (Wildman–Crippen LogP) is 1.40. The van der Waals surface area contributed by atoms with Crippen molar-refractivity contribution >= 4 is 38.1 Å². The first-order valence-corrected chi connectivity index (χ1v) is 11.2. The van der Waals surface area contributed by atoms with Crippen LogP contribution in [0, 0.1) is 0 Å². The molecule has 0 saturated carbocycles. The highest BCUT2D eigenvalue weighted by molar-refractivity contribution is 7.90. The first-order valence-electron chi connectivity index (χ1n) is 8.48. The average molecular weight is 425 g/mol. The minimum absolute atomic E-state index is 0.0938. The number of aromatic carboxylic acids is 1. The zero-order chi connectivity index (χ0) is 20.5. The van der Waals surface area contributed by atoms with Gasteiger partial charge in [-0.15, -0.1) is 11.3 Å². The number of carboxylic acid groups (broad SMARTS) is 1. The number of carbonyl (C=O) groups excluding carboxylic acids is 1. The zero-order valence-electron chi connectivity index (χ0n) is 15.1. The fraction of sp³-hybridized carbons (Fsp3) is 0.333. The standard InChI is InChI=1S/C18H20N2O6S2/c1-28(24,25)11-4-2-10(3-5-11)8-14(21)20-9-13-16-12(6-7-26-13)15(18(22)23)17(19)27-16/h2-5,13H,6-9,19H2,1H3,(H,20,21)(H,22,23). The van der Waals surface area contributed by atoms with E-state index >= 15 is 0 Å². The number of fused-ring (bicyclic) bond motifs is 1. The number of hydrogen-bond acceptors (Lipinski definition) is 7. The van der Waals surface area contributed by atoms with Crippen molar-refractivity contribution in [2.75, 3.05) is 25.1 Å². The van der Waals surface area contributed by atoms with Crippen LogP contribution in [-0.4, -0.2) is 44.8 Å². The molecule has 2 aromatic rings. The quantitative estimate of drug-likeness (QED) is 0.638. The van der Waals surface area contributed by atoms with Crippen molar-refractivity contribution in [2.24, 2.45) is 0 Å². The molecule has 1 aromatic heterocycles. The molecule has 1 amide bonds. The number of sulfone groups is 1. The van der Waals surface area contributed by atoms with Gasteiger partial charge in [-0.3, -0.25) is 4.79 Å². The van der Waals surface area contributed by atoms with Gasteiger partial charge in [0.2, 0.25) is 5.91 Å². The number of benzene rings is 1. The third-order valence-electron chi connectivity index (χ3n) is 4.44. The Morgan fingerprint density at radius 1 is 1.32 bits per heavy atom. The number of carboxylic acids is 1. The molecule has 150 valence electrons. The topological polar surface area (TPSA) is 136 Å². The molecule has 0 fully saturated rings. The summed E-state index contributed by atoms with van der Waals surface area (Å²) in [6.45, 7) is 0.559. The summed E-state index contributed by atoms with van der Waals surface area (Å²) in [5, 5.41) is 12.3. The number of nitrogens with two attached hydrogens (primary N) is 1. The van der Waals surface area contributed by atoms with E-state index in [-0.39, 0.29) is 34.3 Å². The summed E-state index contributed by atoms with van der Waals surface area (Å²) in [5.74, 6) is -1.30. The van der Waals surface area contributed by atoms with Crippen LogP contribution in [0.3, 0.4) is 0 Å². The molecule has 1 atom stereocenters. The fourth-order valence-electron chi connectivity index (χ4n) is 3.09. The summed E-state index contributed by atoms with van der Waals surface area (Å²) < 4.78 is 28.6. The lowest BCUT2D eigenvalue weighted by atomic mass is 10.0. The molecule has 2 heterocycles. The van der Waals surface area contributed by atoms with Crippen molar-refractivity contribution in [3.8, 4) is 0 Å². The summed E-state index contributed by atoms with van der Waals surface area (Å²) in [6.07, 6.45) is 1.25. The molecule has 10 heteroatoms. The van der Waals surface area contributed by atoms with Gasteiger partial charge in [-0.1, -0.05) is 12.1 Å². The van der Waals surface area contributed by atoms with Crippen LogP contribution in [0.2, 0.25) is 0 Å². The maximum Gasteiger partial charge on any atom is 0.338 e. The summed E-state index contributed by atoms with van der Waals surface area (Å²) >= 11 is 1.18. The highest BCUT2D eigenvalue weighted by Crippen LogP contribution is 2.39. The van der Waals surface area contributed by atoms with Gasteiger partial charge in [0.15, 0.2) is 9.84 Å². The lowest BCUT2D eigenvalue weighted by molar-refractivity contribution is -0.121. The predicted molar refractivity (Wildman–Crippen MR) is 104 cm³/mol. The minimum atomic E-state index is -3.28. The van der Waals surface area contributed by atoms with Crippen LogP contribution < -0.4 is 11.1 Å². The van der Waals surface area contributed by atoms with Crippen LogP contribution in [0.15, 0.2) is 29.2 Å². The van der Waals surface area contributed by atoms with Crippen molar-refractivity contribution < 1.29 is 27.9 Å². The molecule has 0 radical (unpaired) electrons. The third kappa shape index (κ3) is 4.34. The second-order valence-electron chi connectivity index (χ2n) is 6.50. The monoisotopic (exact) mass is 424 g/mol. The average Bonchev–Trinajstić information content (AvgIpc) is 2.96. The first-order chi connectivity index (χ1) is 13.2. The van der Waals surface area contributed by atoms with Gasteiger partial charge in [-0.25, -0.2) is 13.2 Å². The third-order valence-corrected chi connectivity index (χ3v) is 6.73. The van der Waals surface area contributed by atoms with Crippen LogP contribution >= 0.6 is 11.3 Å². The molecule has 28 heavy (non-hydrogen) atoms. The van der Waals surface area contributed by atoms with E-state index in [0.717, 1.165) is 11.1 Å². The van der Waals surface area contributed by atoms with Crippen molar-refractivity contribution in [3.63, 3.8) is 0 Å². The van der Waals surface area contributed by atoms with Crippen molar-refractivity contribution in [1.82, 2.24) is 5.32 Å². The maximum atomic E-state index is 12.2. The maximum absolute atomic E-state index is 12.2. The van der Waals surface area contributed by atoms with Gasteiger partial charge in [0, 0.05) is 17.7 Å². The van der Waals surface area contributed by atoms with Crippen LogP contribution in [0.1, 0.15) is 32.5 Å². The Balaban J connectivity index is 1.63. The van der Waals surface area contributed by atoms with Gasteiger partial charge in [-0.05, 0) is 29.7 Å². The number of nitrogen functional groups attached to an aromatic ring is 1. The van der Waals surface area contributed by atoms with Crippen LogP contribution in [-0.2, 0) is 32.2 Å². The smallest absolute Gasteiger partial charge is 0.338 e. The highest BCUT2D eigenvalue weighted by atomic mass is 32.2. The molecule has 0 saturated heterocycles. The number of nitrogens with one attached hydrogen (secondary N) is 1. The molecule has 0 bridgehead atoms. The van der Waals surface area contributed by atoms with Gasteiger partial charge in [0.1, 0.15) is 11.1 Å². The molecular weight excluding hydrogens is 404 g/mol. The number of thiophene rings is 1. The number of hydrogen-bond donors (Lipinski definition) is 3. The SMILES string of the molecule is CS(=O)(=O)c1ccc(CC(=O)NCC2OCCc3c2sc(N)c3C(=O)O)cc1. The normalized spacial score (nSPS) is 16.4. The number of anilines is 1. The Bertz CT molecular complexity index is 1010. The molecule has 3 rings (SSSR count). The molecule has 1 aromatic carbocycles. The van der Waals surface area contributed by atoms with E-state index in [2.05, 4.69) is 5.32 Å². The molecule has 0 aliphatic carbocycles. The fourth-order valence-corrected chi connectivity index (χ4v) is 4.88. The Kier molecular flexibility index (Phi) is 5.73. The van der Waals surface area contributed by atoms with Gasteiger partial charge in [0.25, 0.3) is 0 Å². The largest absolute Gasteiger partial charge is 0.478 e. The Morgan fingerprint density at radius 2 is 2.00 bits per heavy atom. The molecule has 4 N–H and O–H groups in total. The highest BCUT2D eigenvalue weighted by Gasteiger charge is 2.30. The van der Waals surface area contributed by atoms with E-state index in [9.17, 15) is 23.1 Å². The van der Waals surface area contributed by atoms with E-state index in [4.69, 9.17) is 10.5 Å². The Hall–Kier alpha value is -2.43. The van der Waals surface area contributed by atoms with Gasteiger partial charge >= 0.3 is 5.97 Å². The second kappa shape index (κ2) is 7.90. The van der Waals surface area contributed by atoms with Crippen molar-refractivity contribution in [3.05, 3.63) is 45.8 Å². The molecule has 1 unspecified atom stereocenters. The van der Waals surface area contributed by atoms with Gasteiger partial charge in [0.05, 0.1) is 23.5 Å². The lowest BCUT2D eigenvalue weighted by Crippen LogP contribution is -2.32. The van der Waals surface area contributed by atoms with E-state index in [1.807, 2.05) is 0 Å². The number of ether oxygens (including phenoxy) is 1. The molecule has 0 spiro atoms. The van der Waals surface area contributed by atoms with Crippen molar-refractivity contribution in [2.45, 2.75) is 23.8 Å².